The highest BCUT2D eigenvalue weighted by Crippen LogP contribution is 2.31. The van der Waals surface area contributed by atoms with Gasteiger partial charge in [-0.25, -0.2) is 9.18 Å². The largest absolute Gasteiger partial charge is 0.467 e. The number of hydrogen-bond acceptors (Lipinski definition) is 6. The van der Waals surface area contributed by atoms with Crippen molar-refractivity contribution in [1.82, 2.24) is 0 Å². The highest BCUT2D eigenvalue weighted by Gasteiger charge is 2.47. The maximum atomic E-state index is 14.5. The number of esters is 1. The zero-order valence-corrected chi connectivity index (χ0v) is 20.9. The third kappa shape index (κ3) is 7.69. The van der Waals surface area contributed by atoms with Crippen LogP contribution in [0.2, 0.25) is 0 Å². The molecule has 7 heteroatoms. The van der Waals surface area contributed by atoms with Gasteiger partial charge in [-0.15, -0.1) is 0 Å². The van der Waals surface area contributed by atoms with Gasteiger partial charge in [-0.1, -0.05) is 91.0 Å². The van der Waals surface area contributed by atoms with E-state index in [1.165, 1.54) is 7.11 Å². The Hall–Kier alpha value is -3.10. The van der Waals surface area contributed by atoms with Gasteiger partial charge in [0.25, 0.3) is 0 Å². The zero-order chi connectivity index (χ0) is 25.9. The molecule has 1 fully saturated rings. The van der Waals surface area contributed by atoms with Gasteiger partial charge in [0.2, 0.25) is 0 Å². The summed E-state index contributed by atoms with van der Waals surface area (Å²) in [6.45, 7) is -0.0409. The quantitative estimate of drug-likeness (QED) is 0.320. The second kappa shape index (κ2) is 14.0. The van der Waals surface area contributed by atoms with Crippen molar-refractivity contribution in [1.29, 1.82) is 0 Å². The smallest absolute Gasteiger partial charge is 0.335 e. The van der Waals surface area contributed by atoms with Gasteiger partial charge in [-0.05, 0) is 16.7 Å². The monoisotopic (exact) mass is 508 g/mol. The fraction of sp³-hybridized carbons (Fsp3) is 0.367. The average molecular weight is 509 g/mol. The highest BCUT2D eigenvalue weighted by molar-refractivity contribution is 5.74. The summed E-state index contributed by atoms with van der Waals surface area (Å²) < 4.78 is 44.1. The van der Waals surface area contributed by atoms with Crippen LogP contribution in [0, 0.1) is 0 Å². The van der Waals surface area contributed by atoms with Crippen molar-refractivity contribution in [2.75, 3.05) is 13.8 Å². The van der Waals surface area contributed by atoms with Crippen LogP contribution in [-0.2, 0) is 48.3 Å². The molecular formula is C30H33FO6. The minimum absolute atomic E-state index is 0.194. The molecule has 0 bridgehead atoms. The summed E-state index contributed by atoms with van der Waals surface area (Å²) in [7, 11) is 1.30. The SMILES string of the molecule is COC(=O)[C@@H]1C[C@@H](OCc2ccccc2)[C@@H](OCc2ccccc2)[C@@H]([C@@H](CF)OCc2ccccc2)O1. The number of halogens is 1. The van der Waals surface area contributed by atoms with E-state index >= 15 is 0 Å². The van der Waals surface area contributed by atoms with Crippen LogP contribution in [-0.4, -0.2) is 50.3 Å². The second-order valence-corrected chi connectivity index (χ2v) is 8.93. The van der Waals surface area contributed by atoms with Crippen LogP contribution in [0.25, 0.3) is 0 Å². The lowest BCUT2D eigenvalue weighted by atomic mass is 9.94. The van der Waals surface area contributed by atoms with E-state index in [1.807, 2.05) is 91.0 Å². The van der Waals surface area contributed by atoms with Gasteiger partial charge in [-0.2, -0.15) is 0 Å². The molecule has 0 unspecified atom stereocenters. The van der Waals surface area contributed by atoms with Crippen LogP contribution in [0.5, 0.6) is 0 Å². The predicted octanol–water partition coefficient (Wildman–Crippen LogP) is 5.04. The van der Waals surface area contributed by atoms with E-state index in [-0.39, 0.29) is 19.6 Å². The maximum Gasteiger partial charge on any atom is 0.335 e. The zero-order valence-electron chi connectivity index (χ0n) is 20.9. The molecule has 37 heavy (non-hydrogen) atoms. The van der Waals surface area contributed by atoms with Crippen LogP contribution < -0.4 is 0 Å². The molecular weight excluding hydrogens is 475 g/mol. The lowest BCUT2D eigenvalue weighted by Crippen LogP contribution is -2.57. The number of alkyl halides is 1. The van der Waals surface area contributed by atoms with Gasteiger partial charge in [0.15, 0.2) is 6.10 Å². The first-order valence-corrected chi connectivity index (χ1v) is 12.4. The number of carbonyl (C=O) groups is 1. The summed E-state index contributed by atoms with van der Waals surface area (Å²) >= 11 is 0. The molecule has 196 valence electrons. The molecule has 0 spiro atoms. The molecule has 3 aromatic rings. The van der Waals surface area contributed by atoms with Crippen molar-refractivity contribution in [3.05, 3.63) is 108 Å². The Balaban J connectivity index is 1.57. The van der Waals surface area contributed by atoms with Crippen molar-refractivity contribution in [3.63, 3.8) is 0 Å². The summed E-state index contributed by atoms with van der Waals surface area (Å²) in [6, 6.07) is 28.9. The van der Waals surface area contributed by atoms with E-state index in [0.717, 1.165) is 16.7 Å². The summed E-state index contributed by atoms with van der Waals surface area (Å²) in [5, 5.41) is 0. The molecule has 3 aromatic carbocycles. The topological polar surface area (TPSA) is 63.2 Å². The lowest BCUT2D eigenvalue weighted by molar-refractivity contribution is -0.242. The molecule has 0 aliphatic carbocycles. The number of rotatable bonds is 12. The Morgan fingerprint density at radius 1 is 0.838 bits per heavy atom. The molecule has 0 radical (unpaired) electrons. The third-order valence-electron chi connectivity index (χ3n) is 6.34. The summed E-state index contributed by atoms with van der Waals surface area (Å²) in [5.74, 6) is -0.541. The van der Waals surface area contributed by atoms with Crippen LogP contribution >= 0.6 is 0 Å². The maximum absolute atomic E-state index is 14.5. The van der Waals surface area contributed by atoms with E-state index in [0.29, 0.717) is 6.61 Å². The van der Waals surface area contributed by atoms with Gasteiger partial charge in [0, 0.05) is 6.42 Å². The first-order valence-electron chi connectivity index (χ1n) is 12.4. The number of hydrogen-bond donors (Lipinski definition) is 0. The van der Waals surface area contributed by atoms with E-state index in [4.69, 9.17) is 23.7 Å². The molecule has 1 heterocycles. The molecule has 5 atom stereocenters. The first kappa shape index (κ1) is 26.9. The van der Waals surface area contributed by atoms with Crippen LogP contribution in [0.3, 0.4) is 0 Å². The number of carbonyl (C=O) groups excluding carboxylic acids is 1. The lowest BCUT2D eigenvalue weighted by Gasteiger charge is -2.43. The number of ether oxygens (including phenoxy) is 5. The second-order valence-electron chi connectivity index (χ2n) is 8.93. The Bertz CT molecular complexity index is 1070. The van der Waals surface area contributed by atoms with E-state index < -0.39 is 43.2 Å². The number of methoxy groups -OCH3 is 1. The minimum Gasteiger partial charge on any atom is -0.467 e. The highest BCUT2D eigenvalue weighted by atomic mass is 19.1. The normalized spacial score (nSPS) is 22.3. The van der Waals surface area contributed by atoms with Crippen molar-refractivity contribution in [3.8, 4) is 0 Å². The standard InChI is InChI=1S/C30H33FO6/c1-33-30(32)26-17-25(34-19-22-11-5-2-6-12-22)28(36-21-24-15-9-4-10-16-24)29(37-26)27(18-31)35-20-23-13-7-3-8-14-23/h2-16,25-29H,17-21H2,1H3/t25-,26+,27-,28-,29-/m1/s1. The average Bonchev–Trinajstić information content (AvgIpc) is 2.96. The van der Waals surface area contributed by atoms with Gasteiger partial charge in [-0.3, -0.25) is 0 Å². The van der Waals surface area contributed by atoms with Crippen LogP contribution in [0.4, 0.5) is 4.39 Å². The Kier molecular flexibility index (Phi) is 10.2. The van der Waals surface area contributed by atoms with Crippen LogP contribution in [0.1, 0.15) is 23.1 Å². The predicted molar refractivity (Wildman–Crippen MR) is 136 cm³/mol. The molecule has 0 N–H and O–H groups in total. The minimum atomic E-state index is -0.976. The first-order chi connectivity index (χ1) is 18.2. The van der Waals surface area contributed by atoms with Gasteiger partial charge in [0.05, 0.1) is 33.0 Å². The third-order valence-corrected chi connectivity index (χ3v) is 6.34. The number of benzene rings is 3. The van der Waals surface area contributed by atoms with E-state index in [9.17, 15) is 9.18 Å². The van der Waals surface area contributed by atoms with Crippen molar-refractivity contribution in [2.24, 2.45) is 0 Å². The molecule has 1 aliphatic heterocycles. The van der Waals surface area contributed by atoms with Crippen molar-refractivity contribution in [2.45, 2.75) is 56.8 Å². The van der Waals surface area contributed by atoms with Crippen LogP contribution in [0.15, 0.2) is 91.0 Å². The summed E-state index contributed by atoms with van der Waals surface area (Å²) in [4.78, 5) is 12.5. The molecule has 0 saturated carbocycles. The summed E-state index contributed by atoms with van der Waals surface area (Å²) in [5.41, 5.74) is 2.84. The molecule has 6 nitrogen and oxygen atoms in total. The van der Waals surface area contributed by atoms with E-state index in [2.05, 4.69) is 0 Å². The van der Waals surface area contributed by atoms with Crippen molar-refractivity contribution < 1.29 is 32.9 Å². The molecule has 1 saturated heterocycles. The van der Waals surface area contributed by atoms with Gasteiger partial charge in [0.1, 0.15) is 25.0 Å². The molecule has 4 rings (SSSR count). The fourth-order valence-corrected chi connectivity index (χ4v) is 4.38. The van der Waals surface area contributed by atoms with E-state index in [1.54, 1.807) is 0 Å². The Labute approximate surface area is 217 Å². The van der Waals surface area contributed by atoms with Gasteiger partial charge < -0.3 is 23.7 Å². The summed E-state index contributed by atoms with van der Waals surface area (Å²) in [6.07, 6.45) is -3.82. The molecule has 1 aliphatic rings. The van der Waals surface area contributed by atoms with Crippen molar-refractivity contribution >= 4 is 5.97 Å². The fourth-order valence-electron chi connectivity index (χ4n) is 4.38. The Morgan fingerprint density at radius 3 is 1.86 bits per heavy atom. The Morgan fingerprint density at radius 2 is 1.35 bits per heavy atom. The van der Waals surface area contributed by atoms with Gasteiger partial charge >= 0.3 is 5.97 Å². The molecule has 0 amide bonds. The molecule has 0 aromatic heterocycles.